The molecular formula is C4H8ClFO2S. The summed E-state index contributed by atoms with van der Waals surface area (Å²) in [7, 11) is 0. The van der Waals surface area contributed by atoms with Gasteiger partial charge in [-0.1, -0.05) is 24.2 Å². The molecule has 0 spiro atoms. The minimum Gasteiger partial charge on any atom is -0.473 e. The molecule has 0 amide bonds. The second-order valence-electron chi connectivity index (χ2n) is 1.61. The van der Waals surface area contributed by atoms with Gasteiger partial charge < -0.3 is 5.11 Å². The summed E-state index contributed by atoms with van der Waals surface area (Å²) in [4.78, 5) is 8.86. The van der Waals surface area contributed by atoms with Crippen LogP contribution < -0.4 is 0 Å². The van der Waals surface area contributed by atoms with Crippen LogP contribution in [0.2, 0.25) is 0 Å². The standard InChI is InChI=1S/C3H6ClF.CH2O2S/c1-3(2,4)5;2-1(3)4/h1-2H3;4H,(H,2,3). The molecule has 0 atom stereocenters. The lowest BCUT2D eigenvalue weighted by atomic mass is 10.5. The summed E-state index contributed by atoms with van der Waals surface area (Å²) in [5.41, 5.74) is 0. The van der Waals surface area contributed by atoms with Gasteiger partial charge in [0, 0.05) is 0 Å². The Hall–Kier alpha value is 0.0400. The van der Waals surface area contributed by atoms with Gasteiger partial charge in [-0.3, -0.25) is 0 Å². The van der Waals surface area contributed by atoms with Crippen molar-refractivity contribution in [1.29, 1.82) is 0 Å². The second kappa shape index (κ2) is 4.88. The number of thiol groups is 1. The first-order valence-electron chi connectivity index (χ1n) is 2.03. The van der Waals surface area contributed by atoms with Gasteiger partial charge in [0.1, 0.15) is 0 Å². The minimum atomic E-state index is -1.53. The fourth-order valence-electron chi connectivity index (χ4n) is 0. The maximum atomic E-state index is 11.5. The first kappa shape index (κ1) is 11.8. The van der Waals surface area contributed by atoms with Crippen LogP contribution in [0.5, 0.6) is 0 Å². The van der Waals surface area contributed by atoms with Crippen LogP contribution in [0.3, 0.4) is 0 Å². The Morgan fingerprint density at radius 3 is 1.78 bits per heavy atom. The van der Waals surface area contributed by atoms with Crippen molar-refractivity contribution in [3.63, 3.8) is 0 Å². The largest absolute Gasteiger partial charge is 0.473 e. The Balaban J connectivity index is 0. The van der Waals surface area contributed by atoms with Gasteiger partial charge in [-0.05, 0) is 13.8 Å². The highest BCUT2D eigenvalue weighted by molar-refractivity contribution is 7.96. The first-order valence-corrected chi connectivity index (χ1v) is 2.85. The van der Waals surface area contributed by atoms with Crippen molar-refractivity contribution < 1.29 is 14.3 Å². The highest BCUT2D eigenvalue weighted by Crippen LogP contribution is 2.11. The van der Waals surface area contributed by atoms with Gasteiger partial charge in [-0.15, -0.1) is 0 Å². The number of hydrogen-bond donors (Lipinski definition) is 2. The molecule has 0 fully saturated rings. The average Bonchev–Trinajstić information content (AvgIpc) is 1.19. The quantitative estimate of drug-likeness (QED) is 0.438. The Bertz CT molecular complexity index is 81.1. The average molecular weight is 175 g/mol. The van der Waals surface area contributed by atoms with Gasteiger partial charge in [0.05, 0.1) is 0 Å². The zero-order valence-corrected chi connectivity index (χ0v) is 6.71. The molecule has 0 bridgehead atoms. The van der Waals surface area contributed by atoms with Gasteiger partial charge in [-0.25, -0.2) is 9.18 Å². The monoisotopic (exact) mass is 174 g/mol. The fraction of sp³-hybridized carbons (Fsp3) is 0.750. The topological polar surface area (TPSA) is 37.3 Å². The Labute approximate surface area is 63.4 Å². The second-order valence-corrected chi connectivity index (χ2v) is 2.89. The summed E-state index contributed by atoms with van der Waals surface area (Å²) >= 11 is 7.75. The molecule has 0 aliphatic carbocycles. The molecule has 0 aromatic carbocycles. The van der Waals surface area contributed by atoms with Crippen LogP contribution in [-0.2, 0) is 0 Å². The molecule has 0 aromatic heterocycles. The molecule has 9 heavy (non-hydrogen) atoms. The van der Waals surface area contributed by atoms with Crippen LogP contribution in [0.15, 0.2) is 0 Å². The van der Waals surface area contributed by atoms with E-state index in [-0.39, 0.29) is 0 Å². The van der Waals surface area contributed by atoms with E-state index in [4.69, 9.17) is 21.5 Å². The van der Waals surface area contributed by atoms with Gasteiger partial charge in [0.25, 0.3) is 0 Å². The molecule has 2 nitrogen and oxygen atoms in total. The van der Waals surface area contributed by atoms with Crippen molar-refractivity contribution in [1.82, 2.24) is 0 Å². The van der Waals surface area contributed by atoms with Crippen molar-refractivity contribution in [3.8, 4) is 0 Å². The number of hydrogen-bond acceptors (Lipinski definition) is 1. The predicted octanol–water partition coefficient (Wildman–Crippen LogP) is 2.53. The van der Waals surface area contributed by atoms with Gasteiger partial charge >= 0.3 is 5.30 Å². The lowest BCUT2D eigenvalue weighted by Gasteiger charge is -1.96. The van der Waals surface area contributed by atoms with Crippen molar-refractivity contribution >= 4 is 29.5 Å². The van der Waals surface area contributed by atoms with E-state index in [1.165, 1.54) is 13.8 Å². The van der Waals surface area contributed by atoms with E-state index in [2.05, 4.69) is 12.6 Å². The Morgan fingerprint density at radius 2 is 1.78 bits per heavy atom. The summed E-state index contributed by atoms with van der Waals surface area (Å²) in [6.07, 6.45) is 0. The third-order valence-corrected chi connectivity index (χ3v) is 0. The van der Waals surface area contributed by atoms with E-state index in [0.29, 0.717) is 0 Å². The van der Waals surface area contributed by atoms with Crippen LogP contribution in [0.1, 0.15) is 13.8 Å². The zero-order valence-electron chi connectivity index (χ0n) is 5.06. The molecule has 0 aliphatic heterocycles. The summed E-state index contributed by atoms with van der Waals surface area (Å²) in [5.74, 6) is 0. The summed E-state index contributed by atoms with van der Waals surface area (Å²) in [6, 6.07) is 0. The number of carboxylic acid groups (broad SMARTS) is 1. The number of halogens is 2. The van der Waals surface area contributed by atoms with Crippen LogP contribution in [-0.4, -0.2) is 15.5 Å². The molecule has 0 saturated carbocycles. The normalized spacial score (nSPS) is 9.44. The molecule has 0 aromatic rings. The SMILES string of the molecule is CC(C)(F)Cl.O=C(O)S. The zero-order chi connectivity index (χ0) is 8.08. The fourth-order valence-corrected chi connectivity index (χ4v) is 0. The van der Waals surface area contributed by atoms with Crippen LogP contribution >= 0.6 is 24.2 Å². The van der Waals surface area contributed by atoms with E-state index < -0.39 is 10.4 Å². The van der Waals surface area contributed by atoms with E-state index in [9.17, 15) is 4.39 Å². The number of carbonyl (C=O) groups is 1. The predicted molar refractivity (Wildman–Crippen MR) is 38.1 cm³/mol. The molecule has 0 radical (unpaired) electrons. The summed E-state index contributed by atoms with van der Waals surface area (Å²) in [5, 5.41) is 4.61. The smallest absolute Gasteiger partial charge is 0.361 e. The van der Waals surface area contributed by atoms with Crippen molar-refractivity contribution in [3.05, 3.63) is 0 Å². The molecule has 1 N–H and O–H groups in total. The van der Waals surface area contributed by atoms with Crippen molar-refractivity contribution in [2.45, 2.75) is 19.0 Å². The van der Waals surface area contributed by atoms with Crippen LogP contribution in [0.25, 0.3) is 0 Å². The van der Waals surface area contributed by atoms with Crippen molar-refractivity contribution in [2.75, 3.05) is 0 Å². The molecular weight excluding hydrogens is 167 g/mol. The first-order chi connectivity index (χ1) is 3.73. The molecule has 0 rings (SSSR count). The maximum Gasteiger partial charge on any atom is 0.361 e. The molecule has 5 heteroatoms. The highest BCUT2D eigenvalue weighted by atomic mass is 35.5. The maximum absolute atomic E-state index is 11.5. The Kier molecular flexibility index (Phi) is 6.39. The summed E-state index contributed by atoms with van der Waals surface area (Å²) < 4.78 is 11.5. The lowest BCUT2D eigenvalue weighted by molar-refractivity contribution is 0.222. The third kappa shape index (κ3) is 183000. The van der Waals surface area contributed by atoms with E-state index in [1.54, 1.807) is 0 Å². The van der Waals surface area contributed by atoms with Crippen LogP contribution in [0, 0.1) is 0 Å². The molecule has 0 aliphatic rings. The van der Waals surface area contributed by atoms with Gasteiger partial charge in [-0.2, -0.15) is 0 Å². The summed E-state index contributed by atoms with van der Waals surface area (Å²) in [6.45, 7) is 2.57. The van der Waals surface area contributed by atoms with Gasteiger partial charge in [0.2, 0.25) is 0 Å². The third-order valence-electron chi connectivity index (χ3n) is 0. The van der Waals surface area contributed by atoms with E-state index >= 15 is 0 Å². The van der Waals surface area contributed by atoms with E-state index in [0.717, 1.165) is 0 Å². The van der Waals surface area contributed by atoms with E-state index in [1.807, 2.05) is 0 Å². The van der Waals surface area contributed by atoms with Gasteiger partial charge in [0.15, 0.2) is 5.13 Å². The Morgan fingerprint density at radius 1 is 1.78 bits per heavy atom. The van der Waals surface area contributed by atoms with Crippen molar-refractivity contribution in [2.24, 2.45) is 0 Å². The minimum absolute atomic E-state index is 1.14. The molecule has 0 heterocycles. The molecule has 0 unspecified atom stereocenters. The molecule has 0 saturated heterocycles. The highest BCUT2D eigenvalue weighted by Gasteiger charge is 2.05. The number of alkyl halides is 2. The number of rotatable bonds is 0. The molecule has 56 valence electrons. The van der Waals surface area contributed by atoms with Crippen LogP contribution in [0.4, 0.5) is 9.18 Å². The lowest BCUT2D eigenvalue weighted by Crippen LogP contribution is -1.95.